The van der Waals surface area contributed by atoms with Crippen LogP contribution in [-0.4, -0.2) is 30.8 Å². The SMILES string of the molecule is C[C@H](CCCOS(=O)(=O)[O-])[C@H]1CCC2C3CC[C@H]4C[C@@H](O)CC[C@]4(C)C3CC[C@@]21C. The Morgan fingerprint density at radius 1 is 1.03 bits per heavy atom. The van der Waals surface area contributed by atoms with Gasteiger partial charge < -0.3 is 9.66 Å². The highest BCUT2D eigenvalue weighted by atomic mass is 32.3. The zero-order valence-corrected chi connectivity index (χ0v) is 19.8. The van der Waals surface area contributed by atoms with Crippen LogP contribution in [0.4, 0.5) is 0 Å². The third-order valence-corrected chi connectivity index (χ3v) is 10.9. The van der Waals surface area contributed by atoms with Crippen molar-refractivity contribution >= 4 is 10.4 Å². The Bertz CT molecular complexity index is 723. The Labute approximate surface area is 183 Å². The summed E-state index contributed by atoms with van der Waals surface area (Å²) >= 11 is 0. The molecule has 4 aliphatic carbocycles. The maximum Gasteiger partial charge on any atom is 0.217 e. The lowest BCUT2D eigenvalue weighted by molar-refractivity contribution is -0.129. The smallest absolute Gasteiger partial charge is 0.217 e. The summed E-state index contributed by atoms with van der Waals surface area (Å²) in [6.07, 6.45) is 12.6. The number of fused-ring (bicyclic) bond motifs is 5. The van der Waals surface area contributed by atoms with E-state index >= 15 is 0 Å². The Kier molecular flexibility index (Phi) is 6.37. The summed E-state index contributed by atoms with van der Waals surface area (Å²) in [7, 11) is -4.57. The zero-order valence-electron chi connectivity index (χ0n) is 19.0. The van der Waals surface area contributed by atoms with E-state index in [0.717, 1.165) is 37.0 Å². The van der Waals surface area contributed by atoms with Crippen molar-refractivity contribution in [1.82, 2.24) is 0 Å². The van der Waals surface area contributed by atoms with Crippen molar-refractivity contribution in [2.75, 3.05) is 6.61 Å². The molecule has 3 unspecified atom stereocenters. The molecule has 0 heterocycles. The fraction of sp³-hybridized carbons (Fsp3) is 1.00. The van der Waals surface area contributed by atoms with E-state index in [0.29, 0.717) is 35.0 Å². The monoisotopic (exact) mass is 441 g/mol. The van der Waals surface area contributed by atoms with Crippen LogP contribution in [0.5, 0.6) is 0 Å². The third-order valence-electron chi connectivity index (χ3n) is 10.4. The van der Waals surface area contributed by atoms with Crippen LogP contribution >= 0.6 is 0 Å². The summed E-state index contributed by atoms with van der Waals surface area (Å²) in [5, 5.41) is 10.2. The van der Waals surface area contributed by atoms with Gasteiger partial charge in [0.2, 0.25) is 10.4 Å². The van der Waals surface area contributed by atoms with Crippen LogP contribution in [0.1, 0.15) is 91.4 Å². The molecule has 5 nitrogen and oxygen atoms in total. The van der Waals surface area contributed by atoms with E-state index in [1.165, 1.54) is 44.9 Å². The highest BCUT2D eigenvalue weighted by Crippen LogP contribution is 2.68. The summed E-state index contributed by atoms with van der Waals surface area (Å²) in [6, 6.07) is 0. The van der Waals surface area contributed by atoms with Gasteiger partial charge in [0, 0.05) is 0 Å². The second kappa shape index (κ2) is 8.31. The molecule has 30 heavy (non-hydrogen) atoms. The Morgan fingerprint density at radius 3 is 2.47 bits per heavy atom. The van der Waals surface area contributed by atoms with Crippen molar-refractivity contribution in [3.05, 3.63) is 0 Å². The molecular weight excluding hydrogens is 400 g/mol. The highest BCUT2D eigenvalue weighted by Gasteiger charge is 2.60. The summed E-state index contributed by atoms with van der Waals surface area (Å²) < 4.78 is 36.4. The van der Waals surface area contributed by atoms with Crippen LogP contribution in [0, 0.1) is 46.3 Å². The van der Waals surface area contributed by atoms with Crippen molar-refractivity contribution in [1.29, 1.82) is 0 Å². The minimum absolute atomic E-state index is 0.0132. The van der Waals surface area contributed by atoms with Gasteiger partial charge in [0.1, 0.15) is 0 Å². The molecule has 4 aliphatic rings. The largest absolute Gasteiger partial charge is 0.726 e. The minimum atomic E-state index is -4.57. The third kappa shape index (κ3) is 4.11. The summed E-state index contributed by atoms with van der Waals surface area (Å²) in [5.41, 5.74) is 0.817. The van der Waals surface area contributed by atoms with Gasteiger partial charge in [0.25, 0.3) is 0 Å². The molecule has 0 amide bonds. The number of rotatable bonds is 6. The first-order chi connectivity index (χ1) is 14.0. The van der Waals surface area contributed by atoms with E-state index in [9.17, 15) is 18.1 Å². The van der Waals surface area contributed by atoms with Gasteiger partial charge in [0.15, 0.2) is 0 Å². The van der Waals surface area contributed by atoms with Crippen LogP contribution in [0.3, 0.4) is 0 Å². The lowest BCUT2D eigenvalue weighted by Gasteiger charge is -2.61. The molecular formula is C24H41O5S-. The van der Waals surface area contributed by atoms with E-state index in [2.05, 4.69) is 25.0 Å². The summed E-state index contributed by atoms with van der Waals surface area (Å²) in [4.78, 5) is 0. The lowest BCUT2D eigenvalue weighted by Crippen LogP contribution is -2.54. The number of hydrogen-bond acceptors (Lipinski definition) is 5. The molecule has 4 rings (SSSR count). The van der Waals surface area contributed by atoms with Crippen LogP contribution in [0.2, 0.25) is 0 Å². The van der Waals surface area contributed by atoms with Crippen molar-refractivity contribution < 1.29 is 22.3 Å². The Morgan fingerprint density at radius 2 is 1.73 bits per heavy atom. The average molecular weight is 442 g/mol. The summed E-state index contributed by atoms with van der Waals surface area (Å²) in [5.74, 6) is 4.40. The maximum absolute atomic E-state index is 10.7. The predicted octanol–water partition coefficient (Wildman–Crippen LogP) is 4.90. The van der Waals surface area contributed by atoms with Crippen molar-refractivity contribution in [3.63, 3.8) is 0 Å². The first kappa shape index (κ1) is 23.0. The first-order valence-electron chi connectivity index (χ1n) is 12.3. The van der Waals surface area contributed by atoms with Crippen LogP contribution in [0.25, 0.3) is 0 Å². The van der Waals surface area contributed by atoms with E-state index < -0.39 is 10.4 Å². The second-order valence-electron chi connectivity index (χ2n) is 11.7. The number of aliphatic hydroxyl groups is 1. The molecule has 0 bridgehead atoms. The molecule has 0 aromatic rings. The van der Waals surface area contributed by atoms with E-state index in [-0.39, 0.29) is 12.7 Å². The normalized spacial score (nSPS) is 47.2. The molecule has 0 spiro atoms. The predicted molar refractivity (Wildman–Crippen MR) is 115 cm³/mol. The maximum atomic E-state index is 10.7. The second-order valence-corrected chi connectivity index (χ2v) is 12.7. The van der Waals surface area contributed by atoms with Gasteiger partial charge in [0.05, 0.1) is 12.7 Å². The Hall–Kier alpha value is -0.170. The highest BCUT2D eigenvalue weighted by molar-refractivity contribution is 7.80. The molecule has 9 atom stereocenters. The topological polar surface area (TPSA) is 86.7 Å². The van der Waals surface area contributed by atoms with Crippen molar-refractivity contribution in [2.45, 2.75) is 97.5 Å². The van der Waals surface area contributed by atoms with Gasteiger partial charge in [-0.1, -0.05) is 20.8 Å². The molecule has 4 fully saturated rings. The molecule has 174 valence electrons. The molecule has 0 aliphatic heterocycles. The van der Waals surface area contributed by atoms with Crippen LogP contribution in [0.15, 0.2) is 0 Å². The van der Waals surface area contributed by atoms with E-state index in [1.54, 1.807) is 0 Å². The number of hydrogen-bond donors (Lipinski definition) is 1. The fourth-order valence-corrected chi connectivity index (χ4v) is 9.30. The zero-order chi connectivity index (χ0) is 21.7. The first-order valence-corrected chi connectivity index (χ1v) is 13.7. The minimum Gasteiger partial charge on any atom is -0.726 e. The van der Waals surface area contributed by atoms with Gasteiger partial charge in [-0.15, -0.1) is 0 Å². The van der Waals surface area contributed by atoms with Crippen molar-refractivity contribution in [3.8, 4) is 0 Å². The quantitative estimate of drug-likeness (QED) is 0.360. The Balaban J connectivity index is 1.41. The molecule has 6 heteroatoms. The van der Waals surface area contributed by atoms with E-state index in [4.69, 9.17) is 0 Å². The fourth-order valence-electron chi connectivity index (χ4n) is 8.98. The molecule has 0 aromatic heterocycles. The summed E-state index contributed by atoms with van der Waals surface area (Å²) in [6.45, 7) is 7.41. The average Bonchev–Trinajstić information content (AvgIpc) is 3.02. The van der Waals surface area contributed by atoms with Gasteiger partial charge in [-0.05, 0) is 117 Å². The molecule has 0 aromatic carbocycles. The van der Waals surface area contributed by atoms with Crippen molar-refractivity contribution in [2.24, 2.45) is 46.3 Å². The lowest BCUT2D eigenvalue weighted by atomic mass is 9.44. The van der Waals surface area contributed by atoms with Gasteiger partial charge >= 0.3 is 0 Å². The van der Waals surface area contributed by atoms with E-state index in [1.807, 2.05) is 0 Å². The molecule has 0 saturated heterocycles. The number of aliphatic hydroxyl groups excluding tert-OH is 1. The molecule has 0 radical (unpaired) electrons. The van der Waals surface area contributed by atoms with Crippen LogP contribution < -0.4 is 0 Å². The van der Waals surface area contributed by atoms with Gasteiger partial charge in [-0.3, -0.25) is 4.18 Å². The standard InChI is InChI=1S/C24H42O5S/c1-16(5-4-14-29-30(26,27)28)20-8-9-21-19-7-6-17-15-18(25)10-12-23(17,2)22(19)11-13-24(20,21)3/h16-22,25H,4-15H2,1-3H3,(H,26,27,28)/p-1/t16-,17+,18+,19?,20-,21?,22?,23+,24-/m1/s1. The van der Waals surface area contributed by atoms with Crippen LogP contribution in [-0.2, 0) is 14.6 Å². The van der Waals surface area contributed by atoms with Gasteiger partial charge in [-0.25, -0.2) is 8.42 Å². The molecule has 1 N–H and O–H groups in total. The van der Waals surface area contributed by atoms with Gasteiger partial charge in [-0.2, -0.15) is 0 Å². The molecule has 4 saturated carbocycles.